The van der Waals surface area contributed by atoms with Crippen molar-refractivity contribution < 1.29 is 18.8 Å². The van der Waals surface area contributed by atoms with Crippen LogP contribution in [0.4, 0.5) is 0 Å². The normalized spacial score (nSPS) is 14.4. The van der Waals surface area contributed by atoms with Crippen LogP contribution >= 0.6 is 0 Å². The number of carbonyl (C=O) groups is 1. The van der Waals surface area contributed by atoms with Crippen molar-refractivity contribution in [1.29, 1.82) is 0 Å². The highest BCUT2D eigenvalue weighted by Gasteiger charge is 2.53. The maximum atomic E-state index is 12.8. The Labute approximate surface area is 168 Å². The fourth-order valence-electron chi connectivity index (χ4n) is 3.45. The lowest BCUT2D eigenvalue weighted by atomic mass is 10.0. The number of hydrogen-bond donors (Lipinski definition) is 1. The molecule has 1 aliphatic carbocycles. The summed E-state index contributed by atoms with van der Waals surface area (Å²) in [5.41, 5.74) is 0.884. The lowest BCUT2D eigenvalue weighted by molar-refractivity contribution is -0.123. The molecule has 1 saturated carbocycles. The van der Waals surface area contributed by atoms with Gasteiger partial charge in [-0.1, -0.05) is 5.16 Å². The molecule has 0 unspecified atom stereocenters. The first-order valence-electron chi connectivity index (χ1n) is 9.53. The van der Waals surface area contributed by atoms with E-state index >= 15 is 0 Å². The second-order valence-corrected chi connectivity index (χ2v) is 7.15. The van der Waals surface area contributed by atoms with Gasteiger partial charge in [0.1, 0.15) is 5.82 Å². The number of benzene rings is 1. The zero-order chi connectivity index (χ0) is 20.4. The smallest absolute Gasteiger partial charge is 0.232 e. The summed E-state index contributed by atoms with van der Waals surface area (Å²) in [5, 5.41) is 7.22. The first kappa shape index (κ1) is 19.0. The van der Waals surface area contributed by atoms with Gasteiger partial charge in [0.05, 0.1) is 25.3 Å². The van der Waals surface area contributed by atoms with Crippen LogP contribution in [0.2, 0.25) is 0 Å². The maximum Gasteiger partial charge on any atom is 0.232 e. The fraction of sp³-hybridized carbons (Fsp3) is 0.381. The molecule has 1 N–H and O–H groups in total. The van der Waals surface area contributed by atoms with Crippen molar-refractivity contribution >= 4 is 5.91 Å². The Morgan fingerprint density at radius 1 is 1.24 bits per heavy atom. The van der Waals surface area contributed by atoms with Gasteiger partial charge in [-0.25, -0.2) is 4.98 Å². The summed E-state index contributed by atoms with van der Waals surface area (Å²) in [6, 6.07) is 7.36. The van der Waals surface area contributed by atoms with E-state index < -0.39 is 5.41 Å². The summed E-state index contributed by atoms with van der Waals surface area (Å²) in [6.45, 7) is 3.16. The quantitative estimate of drug-likeness (QED) is 0.630. The van der Waals surface area contributed by atoms with Gasteiger partial charge in [-0.2, -0.15) is 0 Å². The third kappa shape index (κ3) is 3.57. The van der Waals surface area contributed by atoms with Gasteiger partial charge in [-0.05, 0) is 38.0 Å². The summed E-state index contributed by atoms with van der Waals surface area (Å²) in [7, 11) is 3.18. The SMILES string of the molecule is COc1ccc(-c2cc(C3(C(=O)NCCn4ccnc4C)CC3)no2)cc1OC. The predicted molar refractivity (Wildman–Crippen MR) is 106 cm³/mol. The first-order chi connectivity index (χ1) is 14.1. The predicted octanol–water partition coefficient (Wildman–Crippen LogP) is 2.71. The summed E-state index contributed by atoms with van der Waals surface area (Å²) < 4.78 is 18.2. The largest absolute Gasteiger partial charge is 0.493 e. The standard InChI is InChI=1S/C21H24N4O4/c1-14-22-8-10-25(14)11-9-23-20(26)21(6-7-21)19-13-17(29-24-19)15-4-5-16(27-2)18(12-15)28-3/h4-5,8,10,12-13H,6-7,9,11H2,1-3H3,(H,23,26). The van der Waals surface area contributed by atoms with Crippen LogP contribution in [0.1, 0.15) is 24.4 Å². The van der Waals surface area contributed by atoms with E-state index in [1.807, 2.05) is 42.0 Å². The summed E-state index contributed by atoms with van der Waals surface area (Å²) in [5.74, 6) is 2.76. The van der Waals surface area contributed by atoms with Crippen LogP contribution in [0, 0.1) is 6.92 Å². The molecule has 8 heteroatoms. The molecule has 152 valence electrons. The zero-order valence-corrected chi connectivity index (χ0v) is 16.8. The van der Waals surface area contributed by atoms with Crippen molar-refractivity contribution in [2.24, 2.45) is 0 Å². The molecule has 0 aliphatic heterocycles. The van der Waals surface area contributed by atoms with Crippen molar-refractivity contribution in [3.63, 3.8) is 0 Å². The van der Waals surface area contributed by atoms with E-state index in [0.717, 1.165) is 24.2 Å². The van der Waals surface area contributed by atoms with Gasteiger partial charge < -0.3 is 23.9 Å². The van der Waals surface area contributed by atoms with Crippen molar-refractivity contribution in [3.05, 3.63) is 48.2 Å². The minimum Gasteiger partial charge on any atom is -0.493 e. The summed E-state index contributed by atoms with van der Waals surface area (Å²) >= 11 is 0. The van der Waals surface area contributed by atoms with E-state index in [9.17, 15) is 4.79 Å². The van der Waals surface area contributed by atoms with E-state index in [0.29, 0.717) is 36.0 Å². The number of ether oxygens (including phenoxy) is 2. The summed E-state index contributed by atoms with van der Waals surface area (Å²) in [4.78, 5) is 17.0. The van der Waals surface area contributed by atoms with Crippen molar-refractivity contribution in [2.75, 3.05) is 20.8 Å². The first-order valence-corrected chi connectivity index (χ1v) is 9.53. The van der Waals surface area contributed by atoms with Gasteiger partial charge in [-0.15, -0.1) is 0 Å². The number of aromatic nitrogens is 3. The average molecular weight is 396 g/mol. The number of hydrogen-bond acceptors (Lipinski definition) is 6. The zero-order valence-electron chi connectivity index (χ0n) is 16.8. The molecule has 0 spiro atoms. The Bertz CT molecular complexity index is 1020. The Kier molecular flexibility index (Phi) is 5.00. The van der Waals surface area contributed by atoms with E-state index in [2.05, 4.69) is 15.5 Å². The molecule has 1 aromatic carbocycles. The average Bonchev–Trinajstić information content (AvgIpc) is 3.22. The van der Waals surface area contributed by atoms with Crippen molar-refractivity contribution in [3.8, 4) is 22.8 Å². The van der Waals surface area contributed by atoms with Gasteiger partial charge in [0.25, 0.3) is 0 Å². The Morgan fingerprint density at radius 2 is 2.03 bits per heavy atom. The molecule has 3 aromatic rings. The molecule has 0 radical (unpaired) electrons. The topological polar surface area (TPSA) is 91.4 Å². The molecule has 0 bridgehead atoms. The van der Waals surface area contributed by atoms with Gasteiger partial charge in [0.2, 0.25) is 5.91 Å². The Hall–Kier alpha value is -3.29. The molecular weight excluding hydrogens is 372 g/mol. The molecule has 8 nitrogen and oxygen atoms in total. The Balaban J connectivity index is 1.45. The van der Waals surface area contributed by atoms with Crippen LogP contribution in [0.5, 0.6) is 11.5 Å². The molecule has 29 heavy (non-hydrogen) atoms. The van der Waals surface area contributed by atoms with Crippen LogP contribution in [0.25, 0.3) is 11.3 Å². The third-order valence-corrected chi connectivity index (χ3v) is 5.42. The van der Waals surface area contributed by atoms with Crippen LogP contribution in [0.15, 0.2) is 41.2 Å². The number of methoxy groups -OCH3 is 2. The number of amides is 1. The van der Waals surface area contributed by atoms with Crippen LogP contribution in [-0.2, 0) is 16.8 Å². The number of aryl methyl sites for hydroxylation is 1. The molecule has 0 saturated heterocycles. The monoisotopic (exact) mass is 396 g/mol. The minimum absolute atomic E-state index is 0.0116. The van der Waals surface area contributed by atoms with Crippen LogP contribution in [0.3, 0.4) is 0 Å². The van der Waals surface area contributed by atoms with E-state index in [1.54, 1.807) is 20.4 Å². The number of nitrogens with one attached hydrogen (secondary N) is 1. The third-order valence-electron chi connectivity index (χ3n) is 5.42. The molecule has 2 aromatic heterocycles. The second kappa shape index (κ2) is 7.62. The van der Waals surface area contributed by atoms with Crippen LogP contribution < -0.4 is 14.8 Å². The van der Waals surface area contributed by atoms with Crippen LogP contribution in [-0.4, -0.2) is 41.4 Å². The molecule has 0 atom stereocenters. The highest BCUT2D eigenvalue weighted by molar-refractivity contribution is 5.91. The fourth-order valence-corrected chi connectivity index (χ4v) is 3.45. The molecule has 1 fully saturated rings. The number of carbonyl (C=O) groups excluding carboxylic acids is 1. The van der Waals surface area contributed by atoms with Crippen molar-refractivity contribution in [1.82, 2.24) is 20.0 Å². The van der Waals surface area contributed by atoms with Gasteiger partial charge >= 0.3 is 0 Å². The minimum atomic E-state index is -0.595. The highest BCUT2D eigenvalue weighted by atomic mass is 16.5. The van der Waals surface area contributed by atoms with E-state index in [1.165, 1.54) is 0 Å². The molecule has 1 aliphatic rings. The van der Waals surface area contributed by atoms with Gasteiger partial charge in [-0.3, -0.25) is 4.79 Å². The molecular formula is C21H24N4O4. The number of rotatable bonds is 8. The van der Waals surface area contributed by atoms with Crippen molar-refractivity contribution in [2.45, 2.75) is 31.7 Å². The molecule has 2 heterocycles. The van der Waals surface area contributed by atoms with Gasteiger partial charge in [0.15, 0.2) is 17.3 Å². The molecule has 1 amide bonds. The molecule has 4 rings (SSSR count). The number of imidazole rings is 1. The lowest BCUT2D eigenvalue weighted by Crippen LogP contribution is -2.36. The van der Waals surface area contributed by atoms with E-state index in [-0.39, 0.29) is 5.91 Å². The number of nitrogens with zero attached hydrogens (tertiary/aromatic N) is 3. The highest BCUT2D eigenvalue weighted by Crippen LogP contribution is 2.48. The summed E-state index contributed by atoms with van der Waals surface area (Å²) in [6.07, 6.45) is 5.19. The van der Waals surface area contributed by atoms with Gasteiger partial charge in [0, 0.05) is 37.1 Å². The second-order valence-electron chi connectivity index (χ2n) is 7.15. The van der Waals surface area contributed by atoms with E-state index in [4.69, 9.17) is 14.0 Å². The Morgan fingerprint density at radius 3 is 2.69 bits per heavy atom. The lowest BCUT2D eigenvalue weighted by Gasteiger charge is -2.13. The maximum absolute atomic E-state index is 12.8.